The van der Waals surface area contributed by atoms with Crippen LogP contribution >= 0.6 is 0 Å². The molecule has 4 nitrogen and oxygen atoms in total. The maximum absolute atomic E-state index is 11.4. The van der Waals surface area contributed by atoms with Crippen LogP contribution in [0, 0.1) is 0 Å². The van der Waals surface area contributed by atoms with E-state index in [0.29, 0.717) is 0 Å². The lowest BCUT2D eigenvalue weighted by Gasteiger charge is -2.36. The van der Waals surface area contributed by atoms with Gasteiger partial charge < -0.3 is 4.74 Å². The summed E-state index contributed by atoms with van der Waals surface area (Å²) in [6, 6.07) is 0. The fraction of sp³-hybridized carbons (Fsp3) is 0.812. The predicted molar refractivity (Wildman–Crippen MR) is 78.1 cm³/mol. The topological polar surface area (TPSA) is 44.8 Å². The van der Waals surface area contributed by atoms with Gasteiger partial charge in [-0.2, -0.15) is 0 Å². The van der Waals surface area contributed by atoms with Crippen LogP contribution < -0.4 is 0 Å². The lowest BCUT2D eigenvalue weighted by molar-refractivity contribution is -0.377. The van der Waals surface area contributed by atoms with Crippen LogP contribution in [0.25, 0.3) is 0 Å². The predicted octanol–water partition coefficient (Wildman–Crippen LogP) is 3.95. The van der Waals surface area contributed by atoms with E-state index in [4.69, 9.17) is 14.5 Å². The summed E-state index contributed by atoms with van der Waals surface area (Å²) >= 11 is 0. The van der Waals surface area contributed by atoms with E-state index in [1.807, 2.05) is 0 Å². The van der Waals surface area contributed by atoms with Gasteiger partial charge in [0.2, 0.25) is 0 Å². The van der Waals surface area contributed by atoms with Crippen molar-refractivity contribution >= 4 is 5.97 Å². The third-order valence-corrected chi connectivity index (χ3v) is 3.98. The maximum atomic E-state index is 11.4. The van der Waals surface area contributed by atoms with Crippen LogP contribution in [0.3, 0.4) is 0 Å². The van der Waals surface area contributed by atoms with Crippen LogP contribution in [-0.4, -0.2) is 24.8 Å². The van der Waals surface area contributed by atoms with E-state index in [2.05, 4.69) is 26.8 Å². The number of methoxy groups -OCH3 is 1. The second-order valence-corrected chi connectivity index (χ2v) is 5.40. The Balaban J connectivity index is 2.76. The minimum absolute atomic E-state index is 0.213. The zero-order chi connectivity index (χ0) is 15.0. The summed E-state index contributed by atoms with van der Waals surface area (Å²) in [5.74, 6) is -0.270. The van der Waals surface area contributed by atoms with Crippen molar-refractivity contribution in [3.63, 3.8) is 0 Å². The molecule has 0 bridgehead atoms. The van der Waals surface area contributed by atoms with Crippen molar-refractivity contribution in [1.29, 1.82) is 0 Å². The Morgan fingerprint density at radius 1 is 1.35 bits per heavy atom. The van der Waals surface area contributed by atoms with Gasteiger partial charge in [-0.15, -0.1) is 0 Å². The van der Waals surface area contributed by atoms with Gasteiger partial charge in [0.05, 0.1) is 13.5 Å². The molecule has 0 aromatic heterocycles. The lowest BCUT2D eigenvalue weighted by atomic mass is 9.87. The average molecular weight is 284 g/mol. The molecule has 1 aliphatic rings. The number of rotatable bonds is 8. The van der Waals surface area contributed by atoms with Crippen LogP contribution in [0.5, 0.6) is 0 Å². The molecule has 0 N–H and O–H groups in total. The molecule has 0 amide bonds. The second-order valence-electron chi connectivity index (χ2n) is 5.40. The number of unbranched alkanes of at least 4 members (excludes halogenated alkanes) is 2. The van der Waals surface area contributed by atoms with Crippen LogP contribution in [0.1, 0.15) is 65.7 Å². The quantitative estimate of drug-likeness (QED) is 0.293. The number of esters is 1. The van der Waals surface area contributed by atoms with E-state index >= 15 is 0 Å². The summed E-state index contributed by atoms with van der Waals surface area (Å²) in [7, 11) is 1.39. The standard InChI is InChI=1S/C16H28O4/c1-5-8-9-10-16(7-3)12-13(6-2)14(19-20-16)11-15(17)18-4/h12,14H,5-11H2,1-4H3. The minimum Gasteiger partial charge on any atom is -0.469 e. The van der Waals surface area contributed by atoms with Crippen molar-refractivity contribution < 1.29 is 19.3 Å². The average Bonchev–Trinajstić information content (AvgIpc) is 2.48. The van der Waals surface area contributed by atoms with Crippen molar-refractivity contribution in [2.75, 3.05) is 7.11 Å². The van der Waals surface area contributed by atoms with Crippen LogP contribution in [0.15, 0.2) is 11.6 Å². The Kier molecular flexibility index (Phi) is 7.24. The molecule has 0 aromatic carbocycles. The first-order chi connectivity index (χ1) is 9.60. The molecule has 0 fully saturated rings. The van der Waals surface area contributed by atoms with Crippen molar-refractivity contribution in [2.45, 2.75) is 77.4 Å². The summed E-state index contributed by atoms with van der Waals surface area (Å²) in [6.45, 7) is 6.38. The fourth-order valence-corrected chi connectivity index (χ4v) is 2.53. The molecule has 0 aliphatic carbocycles. The van der Waals surface area contributed by atoms with E-state index in [1.165, 1.54) is 20.0 Å². The number of hydrogen-bond acceptors (Lipinski definition) is 4. The molecule has 2 atom stereocenters. The third kappa shape index (κ3) is 4.60. The minimum atomic E-state index is -0.326. The highest BCUT2D eigenvalue weighted by atomic mass is 17.2. The van der Waals surface area contributed by atoms with E-state index in [1.54, 1.807) is 0 Å². The van der Waals surface area contributed by atoms with Gasteiger partial charge in [0.25, 0.3) is 0 Å². The summed E-state index contributed by atoms with van der Waals surface area (Å²) in [6.07, 6.45) is 8.31. The zero-order valence-electron chi connectivity index (χ0n) is 13.2. The van der Waals surface area contributed by atoms with Gasteiger partial charge in [-0.1, -0.05) is 40.0 Å². The Labute approximate surface area is 122 Å². The largest absolute Gasteiger partial charge is 0.469 e. The summed E-state index contributed by atoms with van der Waals surface area (Å²) in [4.78, 5) is 22.6. The van der Waals surface area contributed by atoms with Crippen LogP contribution in [0.2, 0.25) is 0 Å². The fourth-order valence-electron chi connectivity index (χ4n) is 2.53. The van der Waals surface area contributed by atoms with Gasteiger partial charge in [0.15, 0.2) is 0 Å². The van der Waals surface area contributed by atoms with Gasteiger partial charge in [0, 0.05) is 0 Å². The molecule has 0 spiro atoms. The lowest BCUT2D eigenvalue weighted by Crippen LogP contribution is -2.38. The molecule has 0 saturated heterocycles. The van der Waals surface area contributed by atoms with Crippen molar-refractivity contribution in [3.8, 4) is 0 Å². The molecule has 1 aliphatic heterocycles. The maximum Gasteiger partial charge on any atom is 0.308 e. The number of carbonyl (C=O) groups excluding carboxylic acids is 1. The Morgan fingerprint density at radius 2 is 2.10 bits per heavy atom. The van der Waals surface area contributed by atoms with Gasteiger partial charge in [-0.3, -0.25) is 4.79 Å². The number of ether oxygens (including phenoxy) is 1. The van der Waals surface area contributed by atoms with Gasteiger partial charge in [-0.05, 0) is 30.9 Å². The van der Waals surface area contributed by atoms with Crippen molar-refractivity contribution in [3.05, 3.63) is 11.6 Å². The highest BCUT2D eigenvalue weighted by Crippen LogP contribution is 2.35. The second kappa shape index (κ2) is 8.42. The first-order valence-corrected chi connectivity index (χ1v) is 7.73. The van der Waals surface area contributed by atoms with E-state index in [0.717, 1.165) is 31.3 Å². The van der Waals surface area contributed by atoms with Gasteiger partial charge >= 0.3 is 5.97 Å². The summed E-state index contributed by atoms with van der Waals surface area (Å²) in [5, 5.41) is 0. The normalized spacial score (nSPS) is 26.2. The Morgan fingerprint density at radius 3 is 2.65 bits per heavy atom. The molecule has 2 unspecified atom stereocenters. The highest BCUT2D eigenvalue weighted by Gasteiger charge is 2.36. The first kappa shape index (κ1) is 17.2. The Bertz CT molecular complexity index is 337. The first-order valence-electron chi connectivity index (χ1n) is 7.73. The van der Waals surface area contributed by atoms with E-state index in [9.17, 15) is 4.79 Å². The monoisotopic (exact) mass is 284 g/mol. The Hall–Kier alpha value is -0.870. The van der Waals surface area contributed by atoms with Crippen molar-refractivity contribution in [2.24, 2.45) is 0 Å². The molecule has 0 saturated carbocycles. The molecule has 1 rings (SSSR count). The molecule has 20 heavy (non-hydrogen) atoms. The van der Waals surface area contributed by atoms with E-state index < -0.39 is 0 Å². The van der Waals surface area contributed by atoms with Gasteiger partial charge in [-0.25, -0.2) is 9.78 Å². The molecule has 0 aromatic rings. The number of hydrogen-bond donors (Lipinski definition) is 0. The zero-order valence-corrected chi connectivity index (χ0v) is 13.2. The van der Waals surface area contributed by atoms with Crippen LogP contribution in [0.4, 0.5) is 0 Å². The van der Waals surface area contributed by atoms with Crippen molar-refractivity contribution in [1.82, 2.24) is 0 Å². The molecular formula is C16H28O4. The van der Waals surface area contributed by atoms with E-state index in [-0.39, 0.29) is 24.1 Å². The highest BCUT2D eigenvalue weighted by molar-refractivity contribution is 5.70. The summed E-state index contributed by atoms with van der Waals surface area (Å²) < 4.78 is 4.70. The molecule has 116 valence electrons. The SMILES string of the molecule is CCCCCC1(CC)C=C(CC)C(CC(=O)OC)OO1. The van der Waals surface area contributed by atoms with Crippen LogP contribution in [-0.2, 0) is 19.3 Å². The molecule has 4 heteroatoms. The third-order valence-electron chi connectivity index (χ3n) is 3.98. The van der Waals surface area contributed by atoms with Gasteiger partial charge in [0.1, 0.15) is 11.7 Å². The molecule has 1 heterocycles. The summed E-state index contributed by atoms with van der Waals surface area (Å²) in [5.41, 5.74) is 0.813. The number of carbonyl (C=O) groups is 1. The smallest absolute Gasteiger partial charge is 0.308 e. The molecular weight excluding hydrogens is 256 g/mol. The molecule has 0 radical (unpaired) electrons.